The van der Waals surface area contributed by atoms with Crippen LogP contribution in [0.4, 0.5) is 0 Å². The third-order valence-electron chi connectivity index (χ3n) is 3.91. The molecule has 1 heterocycles. The van der Waals surface area contributed by atoms with Crippen molar-refractivity contribution in [2.75, 3.05) is 32.8 Å². The summed E-state index contributed by atoms with van der Waals surface area (Å²) in [6.45, 7) is 5.94. The number of hydrogen-bond acceptors (Lipinski definition) is 4. The van der Waals surface area contributed by atoms with Crippen LogP contribution in [0.3, 0.4) is 0 Å². The van der Waals surface area contributed by atoms with Gasteiger partial charge in [-0.25, -0.2) is 0 Å². The lowest BCUT2D eigenvalue weighted by molar-refractivity contribution is -0.143. The Morgan fingerprint density at radius 1 is 1.13 bits per heavy atom. The summed E-state index contributed by atoms with van der Waals surface area (Å²) < 4.78 is 11.3. The van der Waals surface area contributed by atoms with Gasteiger partial charge in [-0.15, -0.1) is 12.4 Å². The highest BCUT2D eigenvalue weighted by molar-refractivity contribution is 5.85. The number of halogens is 1. The van der Waals surface area contributed by atoms with Crippen LogP contribution in [0, 0.1) is 5.92 Å². The van der Waals surface area contributed by atoms with E-state index in [9.17, 15) is 4.79 Å². The molecule has 1 fully saturated rings. The summed E-state index contributed by atoms with van der Waals surface area (Å²) >= 11 is 0. The Labute approximate surface area is 144 Å². The first-order chi connectivity index (χ1) is 10.7. The van der Waals surface area contributed by atoms with E-state index in [0.717, 1.165) is 57.0 Å². The topological polar surface area (TPSA) is 59.0 Å². The van der Waals surface area contributed by atoms with Crippen molar-refractivity contribution < 1.29 is 19.4 Å². The third-order valence-corrected chi connectivity index (χ3v) is 3.91. The number of nitrogens with zero attached hydrogens (tertiary/aromatic N) is 1. The highest BCUT2D eigenvalue weighted by Crippen LogP contribution is 2.19. The van der Waals surface area contributed by atoms with Gasteiger partial charge < -0.3 is 14.6 Å². The van der Waals surface area contributed by atoms with Crippen molar-refractivity contribution in [2.24, 2.45) is 5.92 Å². The number of likely N-dealkylation sites (tertiary alicyclic amines) is 1. The molecule has 2 rings (SSSR count). The van der Waals surface area contributed by atoms with Crippen molar-refractivity contribution in [1.82, 2.24) is 4.90 Å². The van der Waals surface area contributed by atoms with Gasteiger partial charge >= 0.3 is 5.97 Å². The van der Waals surface area contributed by atoms with Crippen molar-refractivity contribution in [3.05, 3.63) is 24.3 Å². The molecule has 0 saturated carbocycles. The van der Waals surface area contributed by atoms with Crippen LogP contribution >= 0.6 is 12.4 Å². The van der Waals surface area contributed by atoms with E-state index in [4.69, 9.17) is 14.6 Å². The number of hydrogen-bond donors (Lipinski definition) is 1. The van der Waals surface area contributed by atoms with Gasteiger partial charge in [-0.3, -0.25) is 9.69 Å². The van der Waals surface area contributed by atoms with Crippen LogP contribution in [0.25, 0.3) is 0 Å². The number of carboxylic acids is 1. The minimum absolute atomic E-state index is 0. The van der Waals surface area contributed by atoms with E-state index in [-0.39, 0.29) is 18.3 Å². The first-order valence-corrected chi connectivity index (χ1v) is 8.00. The number of ether oxygens (including phenoxy) is 2. The summed E-state index contributed by atoms with van der Waals surface area (Å²) in [6, 6.07) is 7.68. The summed E-state index contributed by atoms with van der Waals surface area (Å²) in [5.41, 5.74) is 0. The second-order valence-corrected chi connectivity index (χ2v) is 5.62. The Hall–Kier alpha value is -1.46. The van der Waals surface area contributed by atoms with Crippen LogP contribution in [0.1, 0.15) is 26.2 Å². The Balaban J connectivity index is 0.00000264. The maximum absolute atomic E-state index is 10.9. The fourth-order valence-corrected chi connectivity index (χ4v) is 2.55. The SMILES string of the molecule is CCCOc1ccc(OCCN2CCC(C(=O)O)CC2)cc1.Cl. The number of aliphatic carboxylic acids is 1. The first kappa shape index (κ1) is 19.6. The van der Waals surface area contributed by atoms with Gasteiger partial charge in [-0.05, 0) is 56.6 Å². The van der Waals surface area contributed by atoms with Crippen molar-refractivity contribution in [3.63, 3.8) is 0 Å². The average Bonchev–Trinajstić information content (AvgIpc) is 2.54. The Morgan fingerprint density at radius 2 is 1.65 bits per heavy atom. The Morgan fingerprint density at radius 3 is 2.13 bits per heavy atom. The predicted molar refractivity (Wildman–Crippen MR) is 91.8 cm³/mol. The number of piperidine rings is 1. The second-order valence-electron chi connectivity index (χ2n) is 5.62. The summed E-state index contributed by atoms with van der Waals surface area (Å²) in [4.78, 5) is 13.2. The zero-order valence-electron chi connectivity index (χ0n) is 13.6. The van der Waals surface area contributed by atoms with Crippen LogP contribution in [0.5, 0.6) is 11.5 Å². The summed E-state index contributed by atoms with van der Waals surface area (Å²) in [5.74, 6) is 0.864. The monoisotopic (exact) mass is 343 g/mol. The minimum Gasteiger partial charge on any atom is -0.494 e. The molecule has 130 valence electrons. The molecule has 5 nitrogen and oxygen atoms in total. The second kappa shape index (κ2) is 10.3. The van der Waals surface area contributed by atoms with Crippen LogP contribution in [-0.4, -0.2) is 48.8 Å². The molecule has 1 N–H and O–H groups in total. The average molecular weight is 344 g/mol. The standard InChI is InChI=1S/C17H25NO4.ClH/c1-2-12-21-15-3-5-16(6-4-15)22-13-11-18-9-7-14(8-10-18)17(19)20;/h3-6,14H,2,7-13H2,1H3,(H,19,20);1H. The lowest BCUT2D eigenvalue weighted by Gasteiger charge is -2.29. The molecule has 0 unspecified atom stereocenters. The fraction of sp³-hybridized carbons (Fsp3) is 0.588. The van der Waals surface area contributed by atoms with Crippen LogP contribution in [-0.2, 0) is 4.79 Å². The maximum atomic E-state index is 10.9. The molecule has 0 aromatic heterocycles. The predicted octanol–water partition coefficient (Wildman–Crippen LogP) is 3.07. The van der Waals surface area contributed by atoms with Crippen molar-refractivity contribution in [3.8, 4) is 11.5 Å². The smallest absolute Gasteiger partial charge is 0.306 e. The van der Waals surface area contributed by atoms with Crippen LogP contribution < -0.4 is 9.47 Å². The lowest BCUT2D eigenvalue weighted by atomic mass is 9.97. The molecule has 0 aliphatic carbocycles. The van der Waals surface area contributed by atoms with Gasteiger partial charge in [0.25, 0.3) is 0 Å². The molecule has 1 aromatic rings. The molecule has 1 aromatic carbocycles. The molecule has 1 saturated heterocycles. The van der Waals surface area contributed by atoms with E-state index >= 15 is 0 Å². The molecular weight excluding hydrogens is 318 g/mol. The normalized spacial score (nSPS) is 15.7. The molecule has 0 bridgehead atoms. The van der Waals surface area contributed by atoms with E-state index in [2.05, 4.69) is 11.8 Å². The van der Waals surface area contributed by atoms with Gasteiger partial charge in [-0.2, -0.15) is 0 Å². The molecule has 0 spiro atoms. The summed E-state index contributed by atoms with van der Waals surface area (Å²) in [6.07, 6.45) is 2.47. The van der Waals surface area contributed by atoms with Gasteiger partial charge in [0.2, 0.25) is 0 Å². The summed E-state index contributed by atoms with van der Waals surface area (Å²) in [5, 5.41) is 8.97. The van der Waals surface area contributed by atoms with E-state index in [1.807, 2.05) is 24.3 Å². The van der Waals surface area contributed by atoms with Crippen molar-refractivity contribution >= 4 is 18.4 Å². The van der Waals surface area contributed by atoms with E-state index in [1.165, 1.54) is 0 Å². The fourth-order valence-electron chi connectivity index (χ4n) is 2.55. The quantitative estimate of drug-likeness (QED) is 0.786. The molecular formula is C17H26ClNO4. The van der Waals surface area contributed by atoms with E-state index in [0.29, 0.717) is 6.61 Å². The number of benzene rings is 1. The molecule has 0 atom stereocenters. The van der Waals surface area contributed by atoms with E-state index < -0.39 is 5.97 Å². The van der Waals surface area contributed by atoms with E-state index in [1.54, 1.807) is 0 Å². The molecule has 6 heteroatoms. The molecule has 1 aliphatic rings. The van der Waals surface area contributed by atoms with Gasteiger partial charge in [0.15, 0.2) is 0 Å². The summed E-state index contributed by atoms with van der Waals surface area (Å²) in [7, 11) is 0. The van der Waals surface area contributed by atoms with Crippen LogP contribution in [0.2, 0.25) is 0 Å². The first-order valence-electron chi connectivity index (χ1n) is 8.00. The lowest BCUT2D eigenvalue weighted by Crippen LogP contribution is -2.38. The number of rotatable bonds is 8. The number of carboxylic acid groups (broad SMARTS) is 1. The molecule has 23 heavy (non-hydrogen) atoms. The Bertz CT molecular complexity index is 458. The van der Waals surface area contributed by atoms with Crippen molar-refractivity contribution in [1.29, 1.82) is 0 Å². The Kier molecular flexibility index (Phi) is 8.81. The highest BCUT2D eigenvalue weighted by atomic mass is 35.5. The maximum Gasteiger partial charge on any atom is 0.306 e. The number of carbonyl (C=O) groups is 1. The molecule has 0 amide bonds. The van der Waals surface area contributed by atoms with Crippen molar-refractivity contribution in [2.45, 2.75) is 26.2 Å². The largest absolute Gasteiger partial charge is 0.494 e. The third kappa shape index (κ3) is 6.67. The zero-order valence-corrected chi connectivity index (χ0v) is 14.4. The minimum atomic E-state index is -0.665. The highest BCUT2D eigenvalue weighted by Gasteiger charge is 2.23. The van der Waals surface area contributed by atoms with Crippen LogP contribution in [0.15, 0.2) is 24.3 Å². The van der Waals surface area contributed by atoms with Gasteiger partial charge in [0.05, 0.1) is 12.5 Å². The van der Waals surface area contributed by atoms with Gasteiger partial charge in [-0.1, -0.05) is 6.92 Å². The molecule has 1 aliphatic heterocycles. The molecule has 0 radical (unpaired) electrons. The van der Waals surface area contributed by atoms with Gasteiger partial charge in [0.1, 0.15) is 18.1 Å². The zero-order chi connectivity index (χ0) is 15.8. The van der Waals surface area contributed by atoms with Gasteiger partial charge in [0, 0.05) is 6.54 Å².